The highest BCUT2D eigenvalue weighted by atomic mass is 16.2. The average molecular weight is 481 g/mol. The maximum absolute atomic E-state index is 13.5. The summed E-state index contributed by atoms with van der Waals surface area (Å²) in [6, 6.07) is 11.6. The molecule has 7 nitrogen and oxygen atoms in total. The third-order valence-corrected chi connectivity index (χ3v) is 5.61. The third kappa shape index (κ3) is 9.99. The first-order valence-electron chi connectivity index (χ1n) is 12.4. The number of nitrogens with zero attached hydrogens (tertiary/aromatic N) is 3. The molecule has 0 saturated heterocycles. The van der Waals surface area contributed by atoms with Crippen LogP contribution in [0.15, 0.2) is 53.9 Å². The second kappa shape index (κ2) is 13.7. The molecule has 2 rings (SSSR count). The van der Waals surface area contributed by atoms with Gasteiger partial charge in [0.25, 0.3) is 0 Å². The Morgan fingerprint density at radius 3 is 2.17 bits per heavy atom. The smallest absolute Gasteiger partial charge is 0.305 e. The Morgan fingerprint density at radius 1 is 0.971 bits per heavy atom. The molecule has 2 N–H and O–H groups in total. The number of hydrogen-bond donors (Lipinski definition) is 2. The monoisotopic (exact) mass is 480 g/mol. The van der Waals surface area contributed by atoms with Gasteiger partial charge in [-0.3, -0.25) is 9.59 Å². The van der Waals surface area contributed by atoms with Crippen LogP contribution < -0.4 is 15.3 Å². The van der Waals surface area contributed by atoms with Gasteiger partial charge in [-0.15, -0.1) is 0 Å². The van der Waals surface area contributed by atoms with Gasteiger partial charge in [0.2, 0.25) is 12.5 Å². The molecule has 7 heteroatoms. The maximum Gasteiger partial charge on any atom is 0.305 e. The molecule has 1 unspecified atom stereocenters. The lowest BCUT2D eigenvalue weighted by Gasteiger charge is -2.30. The highest BCUT2D eigenvalue weighted by Gasteiger charge is 2.26. The fraction of sp³-hybridized carbons (Fsp3) is 0.500. The zero-order valence-electron chi connectivity index (χ0n) is 22.3. The number of aryl methyl sites for hydroxylation is 2. The van der Waals surface area contributed by atoms with Crippen molar-refractivity contribution < 1.29 is 14.2 Å². The van der Waals surface area contributed by atoms with Crippen molar-refractivity contribution in [1.29, 1.82) is 0 Å². The fourth-order valence-electron chi connectivity index (χ4n) is 4.06. The van der Waals surface area contributed by atoms with Gasteiger partial charge in [0.05, 0.1) is 5.92 Å². The largest absolute Gasteiger partial charge is 0.325 e. The summed E-state index contributed by atoms with van der Waals surface area (Å²) in [7, 11) is 0. The van der Waals surface area contributed by atoms with E-state index in [-0.39, 0.29) is 18.4 Å². The number of carbonyl (C=O) groups is 2. The van der Waals surface area contributed by atoms with E-state index in [1.54, 1.807) is 4.57 Å². The quantitative estimate of drug-likeness (QED) is 0.274. The van der Waals surface area contributed by atoms with Gasteiger partial charge >= 0.3 is 5.91 Å². The number of benzene rings is 1. The van der Waals surface area contributed by atoms with Crippen molar-refractivity contribution in [2.24, 2.45) is 22.9 Å². The predicted molar refractivity (Wildman–Crippen MR) is 142 cm³/mol. The molecule has 1 heterocycles. The first-order valence-corrected chi connectivity index (χ1v) is 12.4. The standard InChI is InChI=1S/C28H41N5O2/c1-20(2)16-33(17-21(3)4)18-25(28(35)29-26-12-11-22(5)15-23(26)6)24(7)30-31-27(34)19-32-13-9-8-10-14-32/h8-15,20-21,25H,16-19H2,1-7H3,(H-,29,31,34,35)/p+1/b30-24+. The Bertz CT molecular complexity index is 992. The number of hydrazone groups is 1. The van der Waals surface area contributed by atoms with Crippen LogP contribution >= 0.6 is 0 Å². The maximum atomic E-state index is 13.5. The molecule has 1 atom stereocenters. The first kappa shape index (κ1) is 28.2. The lowest BCUT2D eigenvalue weighted by atomic mass is 10.00. The number of hydrogen-bond acceptors (Lipinski definition) is 4. The number of amides is 2. The van der Waals surface area contributed by atoms with Crippen molar-refractivity contribution in [3.8, 4) is 0 Å². The van der Waals surface area contributed by atoms with Gasteiger partial charge in [-0.05, 0) is 44.2 Å². The van der Waals surface area contributed by atoms with Crippen LogP contribution in [0.1, 0.15) is 45.7 Å². The predicted octanol–water partition coefficient (Wildman–Crippen LogP) is 3.95. The number of carbonyl (C=O) groups excluding carboxylic acids is 2. The zero-order chi connectivity index (χ0) is 26.0. The summed E-state index contributed by atoms with van der Waals surface area (Å²) in [6.07, 6.45) is 3.65. The van der Waals surface area contributed by atoms with Gasteiger partial charge in [-0.2, -0.15) is 9.67 Å². The van der Waals surface area contributed by atoms with Crippen molar-refractivity contribution >= 4 is 23.2 Å². The van der Waals surface area contributed by atoms with E-state index in [4.69, 9.17) is 0 Å². The Hall–Kier alpha value is -3.06. The van der Waals surface area contributed by atoms with E-state index in [1.807, 2.05) is 63.5 Å². The summed E-state index contributed by atoms with van der Waals surface area (Å²) in [4.78, 5) is 28.3. The number of pyridine rings is 1. The van der Waals surface area contributed by atoms with E-state index >= 15 is 0 Å². The van der Waals surface area contributed by atoms with Crippen LogP contribution in [0.3, 0.4) is 0 Å². The molecule has 35 heavy (non-hydrogen) atoms. The Morgan fingerprint density at radius 2 is 1.60 bits per heavy atom. The van der Waals surface area contributed by atoms with E-state index in [1.165, 1.54) is 0 Å². The molecule has 0 aliphatic rings. The molecule has 0 aliphatic carbocycles. The minimum atomic E-state index is -0.502. The first-order chi connectivity index (χ1) is 16.5. The zero-order valence-corrected chi connectivity index (χ0v) is 22.3. The summed E-state index contributed by atoms with van der Waals surface area (Å²) in [5.41, 5.74) is 6.17. The molecule has 1 aromatic heterocycles. The van der Waals surface area contributed by atoms with Crippen LogP contribution in [-0.2, 0) is 16.1 Å². The molecule has 0 spiro atoms. The van der Waals surface area contributed by atoms with Gasteiger partial charge in [0.15, 0.2) is 12.4 Å². The molecule has 0 aliphatic heterocycles. The van der Waals surface area contributed by atoms with Crippen molar-refractivity contribution in [1.82, 2.24) is 10.3 Å². The van der Waals surface area contributed by atoms with Gasteiger partial charge in [-0.1, -0.05) is 51.5 Å². The number of anilines is 1. The van der Waals surface area contributed by atoms with Crippen LogP contribution in [-0.4, -0.2) is 42.1 Å². The van der Waals surface area contributed by atoms with Gasteiger partial charge < -0.3 is 10.2 Å². The van der Waals surface area contributed by atoms with Crippen LogP contribution in [0.5, 0.6) is 0 Å². The molecule has 1 aromatic carbocycles. The van der Waals surface area contributed by atoms with E-state index in [0.29, 0.717) is 24.1 Å². The summed E-state index contributed by atoms with van der Waals surface area (Å²) in [5, 5.41) is 7.44. The normalized spacial score (nSPS) is 12.8. The average Bonchev–Trinajstić information content (AvgIpc) is 2.77. The van der Waals surface area contributed by atoms with Crippen LogP contribution in [0, 0.1) is 31.6 Å². The molecule has 0 radical (unpaired) electrons. The second-order valence-electron chi connectivity index (χ2n) is 10.2. The van der Waals surface area contributed by atoms with Crippen molar-refractivity contribution in [3.63, 3.8) is 0 Å². The molecular weight excluding hydrogens is 438 g/mol. The molecule has 2 amide bonds. The molecule has 2 aromatic rings. The van der Waals surface area contributed by atoms with E-state index in [9.17, 15) is 9.59 Å². The molecule has 0 saturated carbocycles. The summed E-state index contributed by atoms with van der Waals surface area (Å²) in [6.45, 7) is 17.0. The van der Waals surface area contributed by atoms with Crippen molar-refractivity contribution in [2.45, 2.75) is 55.0 Å². The van der Waals surface area contributed by atoms with Gasteiger partial charge in [-0.25, -0.2) is 5.43 Å². The SMILES string of the molecule is C/C(=N\NC(=O)C[n+]1ccccc1)C(CN(CC(C)C)CC(C)C)C(=O)Nc1ccc(C)cc1C. The Kier molecular flexibility index (Phi) is 11.1. The van der Waals surface area contributed by atoms with Crippen LogP contribution in [0.4, 0.5) is 5.69 Å². The van der Waals surface area contributed by atoms with Gasteiger partial charge in [0, 0.05) is 43.2 Å². The lowest BCUT2D eigenvalue weighted by Crippen LogP contribution is -2.44. The molecular formula is C28H42N5O2+. The van der Waals surface area contributed by atoms with E-state index in [0.717, 1.165) is 29.9 Å². The van der Waals surface area contributed by atoms with E-state index in [2.05, 4.69) is 54.5 Å². The van der Waals surface area contributed by atoms with Gasteiger partial charge in [0.1, 0.15) is 0 Å². The molecule has 190 valence electrons. The summed E-state index contributed by atoms with van der Waals surface area (Å²) < 4.78 is 1.78. The number of aromatic nitrogens is 1. The summed E-state index contributed by atoms with van der Waals surface area (Å²) in [5.74, 6) is 0.0730. The molecule has 0 fully saturated rings. The van der Waals surface area contributed by atoms with Crippen molar-refractivity contribution in [2.75, 3.05) is 25.0 Å². The van der Waals surface area contributed by atoms with Crippen LogP contribution in [0.2, 0.25) is 0 Å². The van der Waals surface area contributed by atoms with E-state index < -0.39 is 5.92 Å². The fourth-order valence-corrected chi connectivity index (χ4v) is 4.06. The number of nitrogens with one attached hydrogen (secondary N) is 2. The highest BCUT2D eigenvalue weighted by Crippen LogP contribution is 2.18. The minimum Gasteiger partial charge on any atom is -0.325 e. The molecule has 0 bridgehead atoms. The summed E-state index contributed by atoms with van der Waals surface area (Å²) >= 11 is 0. The van der Waals surface area contributed by atoms with Crippen LogP contribution in [0.25, 0.3) is 0 Å². The third-order valence-electron chi connectivity index (χ3n) is 5.61. The second-order valence-corrected chi connectivity index (χ2v) is 10.2. The van der Waals surface area contributed by atoms with Crippen molar-refractivity contribution in [3.05, 3.63) is 59.9 Å². The number of rotatable bonds is 12. The topological polar surface area (TPSA) is 77.7 Å². The highest BCUT2D eigenvalue weighted by molar-refractivity contribution is 6.09. The Balaban J connectivity index is 2.23. The Labute approximate surface area is 210 Å². The minimum absolute atomic E-state index is 0.123. The lowest BCUT2D eigenvalue weighted by molar-refractivity contribution is -0.684.